The van der Waals surface area contributed by atoms with Crippen molar-refractivity contribution in [1.82, 2.24) is 47.9 Å². The van der Waals surface area contributed by atoms with Crippen LogP contribution >= 0.6 is 0 Å². The molecule has 1 aliphatic rings. The molecular weight excluding hydrogens is 1070 g/mol. The molecule has 1 saturated heterocycles. The molecule has 0 saturated carbocycles. The molecule has 0 radical (unpaired) electrons. The average molecular weight is 1160 g/mol. The van der Waals surface area contributed by atoms with Gasteiger partial charge in [0.2, 0.25) is 47.3 Å². The van der Waals surface area contributed by atoms with Crippen LogP contribution in [0.25, 0.3) is 0 Å². The van der Waals surface area contributed by atoms with Crippen LogP contribution in [0.2, 0.25) is 0 Å². The molecule has 0 aromatic carbocycles. The van der Waals surface area contributed by atoms with E-state index >= 15 is 0 Å². The van der Waals surface area contributed by atoms with Gasteiger partial charge in [-0.3, -0.25) is 43.2 Å². The minimum atomic E-state index is -2.84. The molecule has 1 rings (SSSR count). The van der Waals surface area contributed by atoms with Gasteiger partial charge < -0.3 is 106 Å². The number of allylic oxidation sites excluding steroid dienone is 1. The number of hydrogen-bond acceptors (Lipinski definition) is 21. The Morgan fingerprint density at radius 3 is 1.59 bits per heavy atom. The fourth-order valence-electron chi connectivity index (χ4n) is 8.09. The van der Waals surface area contributed by atoms with Gasteiger partial charge in [0, 0.05) is 6.61 Å². The highest BCUT2D eigenvalue weighted by Crippen LogP contribution is 2.14. The van der Waals surface area contributed by atoms with Crippen molar-refractivity contribution in [3.05, 3.63) is 11.8 Å². The molecule has 2 unspecified atom stereocenters. The number of nitrogens with one attached hydrogen (secondary N) is 9. The van der Waals surface area contributed by atoms with Gasteiger partial charge in [-0.1, -0.05) is 70.8 Å². The summed E-state index contributed by atoms with van der Waals surface area (Å²) in [4.78, 5) is 150. The van der Waals surface area contributed by atoms with Crippen molar-refractivity contribution in [2.45, 2.75) is 196 Å². The highest BCUT2D eigenvalue weighted by atomic mass is 16.5. The summed E-state index contributed by atoms with van der Waals surface area (Å²) in [6, 6.07) is -15.3. The molecule has 0 aliphatic carbocycles. The van der Waals surface area contributed by atoms with E-state index in [1.54, 1.807) is 0 Å². The third-order valence-electron chi connectivity index (χ3n) is 12.8. The zero-order chi connectivity index (χ0) is 61.2. The maximum Gasteiger partial charge on any atom is 0.335 e. The molecular formula is C50H88N12O19. The molecule has 81 heavy (non-hydrogen) atoms. The number of carbonyl (C=O) groups excluding carboxylic acids is 10. The Morgan fingerprint density at radius 1 is 0.617 bits per heavy atom. The fourth-order valence-corrected chi connectivity index (χ4v) is 8.09. The minimum absolute atomic E-state index is 0.0239. The number of aliphatic carboxylic acids is 1. The first-order chi connectivity index (χ1) is 38.4. The second-order valence-corrected chi connectivity index (χ2v) is 19.5. The van der Waals surface area contributed by atoms with Gasteiger partial charge in [0.05, 0.1) is 25.2 Å². The van der Waals surface area contributed by atoms with Gasteiger partial charge in [-0.05, 0) is 72.0 Å². The number of carboxylic acid groups (broad SMARTS) is 1. The fraction of sp³-hybridized carbons (Fsp3) is 0.740. The zero-order valence-electron chi connectivity index (χ0n) is 46.3. The number of carboxylic acids is 1. The Balaban J connectivity index is 3.94. The molecule has 0 aromatic rings. The van der Waals surface area contributed by atoms with Gasteiger partial charge in [-0.25, -0.2) is 9.59 Å². The van der Waals surface area contributed by atoms with Gasteiger partial charge in [-0.2, -0.15) is 0 Å². The van der Waals surface area contributed by atoms with E-state index in [1.165, 1.54) is 6.92 Å². The van der Waals surface area contributed by atoms with E-state index in [0.717, 1.165) is 64.4 Å². The quantitative estimate of drug-likeness (QED) is 0.0206. The lowest BCUT2D eigenvalue weighted by Crippen LogP contribution is -2.62. The molecule has 1 fully saturated rings. The van der Waals surface area contributed by atoms with E-state index in [1.807, 2.05) is 10.6 Å². The summed E-state index contributed by atoms with van der Waals surface area (Å²) >= 11 is 0. The summed E-state index contributed by atoms with van der Waals surface area (Å²) in [6.45, 7) is 0.576. The number of amides is 9. The molecule has 12 atom stereocenters. The van der Waals surface area contributed by atoms with Crippen LogP contribution < -0.4 is 65.1 Å². The molecule has 1 aliphatic heterocycles. The molecule has 31 nitrogen and oxygen atoms in total. The van der Waals surface area contributed by atoms with E-state index in [2.05, 4.69) is 44.1 Å². The molecule has 1 heterocycles. The number of aliphatic hydroxyl groups is 6. The van der Waals surface area contributed by atoms with Crippen LogP contribution in [0.5, 0.6) is 0 Å². The lowest BCUT2D eigenvalue weighted by atomic mass is 10.0. The number of cyclic esters (lactones) is 1. The number of aliphatic hydroxyl groups excluding tert-OH is 6. The van der Waals surface area contributed by atoms with Gasteiger partial charge in [0.25, 0.3) is 5.91 Å². The first-order valence-electron chi connectivity index (χ1n) is 27.3. The van der Waals surface area contributed by atoms with Gasteiger partial charge >= 0.3 is 11.9 Å². The molecule has 31 heteroatoms. The normalized spacial score (nSPS) is 24.9. The van der Waals surface area contributed by atoms with E-state index in [9.17, 15) is 88.5 Å². The van der Waals surface area contributed by atoms with Crippen LogP contribution in [-0.2, 0) is 57.5 Å². The van der Waals surface area contributed by atoms with Crippen LogP contribution in [-0.4, -0.2) is 213 Å². The average Bonchev–Trinajstić information content (AvgIpc) is 3.45. The molecule has 462 valence electrons. The zero-order valence-corrected chi connectivity index (χ0v) is 46.3. The van der Waals surface area contributed by atoms with Crippen molar-refractivity contribution in [1.29, 1.82) is 0 Å². The molecule has 0 spiro atoms. The second-order valence-electron chi connectivity index (χ2n) is 19.5. The van der Waals surface area contributed by atoms with Crippen LogP contribution in [0.3, 0.4) is 0 Å². The van der Waals surface area contributed by atoms with Gasteiger partial charge in [0.1, 0.15) is 60.7 Å². The number of rotatable bonds is 27. The lowest BCUT2D eigenvalue weighted by Gasteiger charge is -2.29. The van der Waals surface area contributed by atoms with Gasteiger partial charge in [-0.15, -0.1) is 0 Å². The maximum absolute atomic E-state index is 14.1. The summed E-state index contributed by atoms with van der Waals surface area (Å²) in [7, 11) is 0. The van der Waals surface area contributed by atoms with Crippen molar-refractivity contribution < 1.29 is 93.2 Å². The summed E-state index contributed by atoms with van der Waals surface area (Å²) in [5.41, 5.74) is 16.5. The summed E-state index contributed by atoms with van der Waals surface area (Å²) < 4.78 is 5.24. The topological polar surface area (TPSA) is 525 Å². The molecule has 9 amide bonds. The highest BCUT2D eigenvalue weighted by Gasteiger charge is 2.40. The number of nitrogens with two attached hydrogens (primary N) is 3. The molecule has 0 aromatic heterocycles. The van der Waals surface area contributed by atoms with Crippen LogP contribution in [0.4, 0.5) is 0 Å². The van der Waals surface area contributed by atoms with Crippen LogP contribution in [0.15, 0.2) is 11.8 Å². The van der Waals surface area contributed by atoms with Crippen molar-refractivity contribution >= 4 is 65.1 Å². The summed E-state index contributed by atoms with van der Waals surface area (Å²) in [6.07, 6.45) is -0.0109. The van der Waals surface area contributed by atoms with Crippen molar-refractivity contribution in [3.8, 4) is 0 Å². The molecule has 0 bridgehead atoms. The number of carbonyl (C=O) groups is 11. The summed E-state index contributed by atoms with van der Waals surface area (Å²) in [5.74, 6) is -14.9. The Hall–Kier alpha value is -6.45. The Morgan fingerprint density at radius 2 is 1.11 bits per heavy atom. The van der Waals surface area contributed by atoms with E-state index < -0.39 is 176 Å². The minimum Gasteiger partial charge on any atom is -0.479 e. The first kappa shape index (κ1) is 72.6. The third-order valence-corrected chi connectivity index (χ3v) is 12.8. The smallest absolute Gasteiger partial charge is 0.335 e. The van der Waals surface area contributed by atoms with Crippen molar-refractivity contribution in [2.24, 2.45) is 17.2 Å². The van der Waals surface area contributed by atoms with Crippen LogP contribution in [0.1, 0.15) is 124 Å². The standard InChI is InChI=1S/C50H88N12O19/c1-4-6-7-8-9-10-11-12-13-15-28(66)24-36(68)54-34-26-81-50(80)38(35(67)25-64)61-48(77)39(40(69)49(78)79)62-41(70)29(5-2)55-47(76)37(27(3)65)60-45(74)30(16-14-20-51)56-44(73)33(19-23-63)59-43(72)31(17-21-52)57-42(71)32(18-22-53)58-46(34)75/h5,27-28,30-35,37-40,63-67,69H,4,6-26,51-53H2,1-3H3,(H,54,68)(H,55,76)(H,56,73)(H,57,71)(H,58,75)(H,59,72)(H,60,74)(H,61,77)(H,62,70)(H,78,79)/b29-5-/t27-,28?,30-,31-,32+,33+,34-,35+,37-,38-,39-,40?/m0/s1. The van der Waals surface area contributed by atoms with E-state index in [-0.39, 0.29) is 51.7 Å². The number of esters is 1. The monoisotopic (exact) mass is 1160 g/mol. The Kier molecular flexibility index (Phi) is 35.7. The van der Waals surface area contributed by atoms with E-state index in [0.29, 0.717) is 6.42 Å². The Bertz CT molecular complexity index is 2090. The molecule has 22 N–H and O–H groups in total. The van der Waals surface area contributed by atoms with E-state index in [4.69, 9.17) is 21.9 Å². The Labute approximate surface area is 469 Å². The van der Waals surface area contributed by atoms with Crippen molar-refractivity contribution in [3.63, 3.8) is 0 Å². The largest absolute Gasteiger partial charge is 0.479 e. The predicted molar refractivity (Wildman–Crippen MR) is 287 cm³/mol. The highest BCUT2D eigenvalue weighted by molar-refractivity contribution is 6.03. The number of unbranched alkanes of at least 4 members (excludes halogenated alkanes) is 8. The lowest BCUT2D eigenvalue weighted by molar-refractivity contribution is -0.156. The maximum atomic E-state index is 14.1. The second kappa shape index (κ2) is 39.9. The van der Waals surface area contributed by atoms with Gasteiger partial charge in [0.15, 0.2) is 12.1 Å². The third kappa shape index (κ3) is 26.8. The SMILES string of the molecule is C/C=C1\NC(=O)[C@H]([C@H](C)O)NC(=O)[C@H](CCCN)NC(=O)[C@@H](CCO)NC(=O)[C@H](CCN)NC(=O)[C@@H](CCN)NC(=O)[C@@H](NC(=O)CC(O)CCCCCCCCCCC)COC(=O)[C@H]([C@H](O)CO)NC(=O)[C@H](C(O)C(=O)O)NC1=O. The number of ether oxygens (including phenoxy) is 1. The first-order valence-corrected chi connectivity index (χ1v) is 27.3. The van der Waals surface area contributed by atoms with Crippen molar-refractivity contribution in [2.75, 3.05) is 39.5 Å². The number of hydrogen-bond donors (Lipinski definition) is 19. The van der Waals surface area contributed by atoms with Crippen LogP contribution in [0, 0.1) is 0 Å². The predicted octanol–water partition coefficient (Wildman–Crippen LogP) is -6.89. The summed E-state index contributed by atoms with van der Waals surface area (Å²) in [5, 5.41) is 92.2.